The molecule has 2 aliphatic rings. The number of aromatic nitrogens is 1. The van der Waals surface area contributed by atoms with Crippen molar-refractivity contribution in [2.45, 2.75) is 50.7 Å². The Kier molecular flexibility index (Phi) is 7.74. The van der Waals surface area contributed by atoms with Crippen molar-refractivity contribution in [3.8, 4) is 5.88 Å². The van der Waals surface area contributed by atoms with Gasteiger partial charge >= 0.3 is 0 Å². The van der Waals surface area contributed by atoms with E-state index in [1.54, 1.807) is 6.20 Å². The van der Waals surface area contributed by atoms with Gasteiger partial charge in [-0.3, -0.25) is 4.99 Å². The molecule has 1 unspecified atom stereocenters. The van der Waals surface area contributed by atoms with Crippen LogP contribution in [0.2, 0.25) is 0 Å². The number of pyridine rings is 1. The number of hydrogen-bond acceptors (Lipinski definition) is 4. The van der Waals surface area contributed by atoms with E-state index in [-0.39, 0.29) is 30.1 Å². The summed E-state index contributed by atoms with van der Waals surface area (Å²) in [5.41, 5.74) is -0.607. The van der Waals surface area contributed by atoms with E-state index in [2.05, 4.69) is 22.1 Å². The van der Waals surface area contributed by atoms with Crippen molar-refractivity contribution in [3.05, 3.63) is 24.4 Å². The highest BCUT2D eigenvalue weighted by molar-refractivity contribution is 14.0. The minimum Gasteiger partial charge on any atom is -0.472 e. The van der Waals surface area contributed by atoms with E-state index in [0.29, 0.717) is 12.4 Å². The van der Waals surface area contributed by atoms with Crippen LogP contribution in [-0.2, 0) is 0 Å². The highest BCUT2D eigenvalue weighted by atomic mass is 127. The zero-order chi connectivity index (χ0) is 16.8. The number of hydrogen-bond donors (Lipinski definition) is 2. The second-order valence-electron chi connectivity index (χ2n) is 6.74. The summed E-state index contributed by atoms with van der Waals surface area (Å²) >= 11 is 0. The molecule has 1 aliphatic heterocycles. The lowest BCUT2D eigenvalue weighted by molar-refractivity contribution is 0.0572. The number of nitrogens with one attached hydrogen (secondary N) is 1. The van der Waals surface area contributed by atoms with Crippen molar-refractivity contribution in [3.63, 3.8) is 0 Å². The Hall–Kier alpha value is -1.09. The number of likely N-dealkylation sites (tertiary alicyclic amines) is 1. The van der Waals surface area contributed by atoms with E-state index in [1.165, 1.54) is 0 Å². The van der Waals surface area contributed by atoms with Crippen LogP contribution >= 0.6 is 24.0 Å². The van der Waals surface area contributed by atoms with Gasteiger partial charge in [-0.25, -0.2) is 4.98 Å². The highest BCUT2D eigenvalue weighted by Gasteiger charge is 2.32. The van der Waals surface area contributed by atoms with Crippen LogP contribution in [0.1, 0.15) is 39.0 Å². The number of aliphatic imine (C=N–C) groups is 1. The maximum absolute atomic E-state index is 10.5. The molecule has 25 heavy (non-hydrogen) atoms. The average Bonchev–Trinajstić information content (AvgIpc) is 3.22. The topological polar surface area (TPSA) is 70.0 Å². The Labute approximate surface area is 167 Å². The molecule has 1 aromatic rings. The maximum atomic E-state index is 10.5. The monoisotopic (exact) mass is 460 g/mol. The third kappa shape index (κ3) is 5.70. The van der Waals surface area contributed by atoms with Gasteiger partial charge in [0.25, 0.3) is 0 Å². The molecule has 1 aromatic heterocycles. The van der Waals surface area contributed by atoms with Gasteiger partial charge in [0.15, 0.2) is 5.96 Å². The first-order valence-corrected chi connectivity index (χ1v) is 9.02. The van der Waals surface area contributed by atoms with Crippen LogP contribution in [0.25, 0.3) is 0 Å². The standard InChI is InChI=1S/C18H28N4O2.HI/c1-2-19-17(21-14-18(23)9-4-5-10-18)22-12-8-15(13-22)24-16-7-3-6-11-20-16;/h3,6-7,11,15,23H,2,4-5,8-10,12-14H2,1H3,(H,19,21);1H. The van der Waals surface area contributed by atoms with Gasteiger partial charge in [0.2, 0.25) is 5.88 Å². The summed E-state index contributed by atoms with van der Waals surface area (Å²) in [5, 5.41) is 13.9. The lowest BCUT2D eigenvalue weighted by Gasteiger charge is -2.24. The molecule has 0 radical (unpaired) electrons. The first kappa shape index (κ1) is 20.2. The van der Waals surface area contributed by atoms with Crippen molar-refractivity contribution in [2.24, 2.45) is 4.99 Å². The Morgan fingerprint density at radius 3 is 2.92 bits per heavy atom. The van der Waals surface area contributed by atoms with Crippen molar-refractivity contribution >= 4 is 29.9 Å². The second-order valence-corrected chi connectivity index (χ2v) is 6.74. The van der Waals surface area contributed by atoms with Crippen LogP contribution in [-0.4, -0.2) is 58.8 Å². The second kappa shape index (κ2) is 9.56. The molecule has 3 rings (SSSR count). The SMILES string of the molecule is CCNC(=NCC1(O)CCCC1)N1CCC(Oc2ccccn2)C1.I. The average molecular weight is 460 g/mol. The molecule has 0 aromatic carbocycles. The van der Waals surface area contributed by atoms with Crippen molar-refractivity contribution < 1.29 is 9.84 Å². The van der Waals surface area contributed by atoms with E-state index in [4.69, 9.17) is 9.73 Å². The van der Waals surface area contributed by atoms with Gasteiger partial charge in [-0.2, -0.15) is 0 Å². The summed E-state index contributed by atoms with van der Waals surface area (Å²) in [6.45, 7) is 5.07. The zero-order valence-electron chi connectivity index (χ0n) is 14.9. The molecular weight excluding hydrogens is 431 g/mol. The van der Waals surface area contributed by atoms with E-state index in [9.17, 15) is 5.11 Å². The first-order valence-electron chi connectivity index (χ1n) is 9.02. The van der Waals surface area contributed by atoms with E-state index >= 15 is 0 Å². The van der Waals surface area contributed by atoms with Gasteiger partial charge in [0.05, 0.1) is 18.7 Å². The molecule has 1 saturated carbocycles. The number of aliphatic hydroxyl groups is 1. The Balaban J connectivity index is 0.00000225. The molecule has 1 atom stereocenters. The lowest BCUT2D eigenvalue weighted by atomic mass is 10.0. The van der Waals surface area contributed by atoms with E-state index in [0.717, 1.165) is 57.7 Å². The van der Waals surface area contributed by atoms with Crippen LogP contribution in [0.5, 0.6) is 5.88 Å². The minimum absolute atomic E-state index is 0. The number of guanidine groups is 1. The van der Waals surface area contributed by atoms with Gasteiger partial charge in [0.1, 0.15) is 6.10 Å². The smallest absolute Gasteiger partial charge is 0.213 e. The molecule has 0 spiro atoms. The predicted molar refractivity (Wildman–Crippen MR) is 110 cm³/mol. The molecule has 1 aliphatic carbocycles. The van der Waals surface area contributed by atoms with Crippen molar-refractivity contribution in [2.75, 3.05) is 26.2 Å². The fourth-order valence-electron chi connectivity index (χ4n) is 3.44. The Bertz CT molecular complexity index is 549. The fourth-order valence-corrected chi connectivity index (χ4v) is 3.44. The summed E-state index contributed by atoms with van der Waals surface area (Å²) in [4.78, 5) is 11.1. The summed E-state index contributed by atoms with van der Waals surface area (Å²) in [5.74, 6) is 1.55. The quantitative estimate of drug-likeness (QED) is 0.402. The molecule has 1 saturated heterocycles. The predicted octanol–water partition coefficient (Wildman–Crippen LogP) is 2.42. The van der Waals surface area contributed by atoms with Gasteiger partial charge in [-0.1, -0.05) is 18.9 Å². The number of nitrogens with zero attached hydrogens (tertiary/aromatic N) is 3. The fraction of sp³-hybridized carbons (Fsp3) is 0.667. The summed E-state index contributed by atoms with van der Waals surface area (Å²) in [6.07, 6.45) is 6.75. The van der Waals surface area contributed by atoms with E-state index < -0.39 is 5.60 Å². The van der Waals surface area contributed by atoms with Crippen LogP contribution in [0, 0.1) is 0 Å². The molecule has 2 fully saturated rings. The lowest BCUT2D eigenvalue weighted by Crippen LogP contribution is -2.42. The maximum Gasteiger partial charge on any atom is 0.213 e. The van der Waals surface area contributed by atoms with Crippen molar-refractivity contribution in [1.82, 2.24) is 15.2 Å². The molecule has 2 N–H and O–H groups in total. The van der Waals surface area contributed by atoms with Gasteiger partial charge < -0.3 is 20.1 Å². The van der Waals surface area contributed by atoms with Gasteiger partial charge in [0, 0.05) is 31.8 Å². The molecule has 0 amide bonds. The summed E-state index contributed by atoms with van der Waals surface area (Å²) in [7, 11) is 0. The third-order valence-corrected chi connectivity index (χ3v) is 4.76. The van der Waals surface area contributed by atoms with E-state index in [1.807, 2.05) is 18.2 Å². The van der Waals surface area contributed by atoms with Crippen molar-refractivity contribution in [1.29, 1.82) is 0 Å². The third-order valence-electron chi connectivity index (χ3n) is 4.76. The summed E-state index contributed by atoms with van der Waals surface area (Å²) < 4.78 is 5.95. The normalized spacial score (nSPS) is 22.6. The molecular formula is C18H29IN4O2. The summed E-state index contributed by atoms with van der Waals surface area (Å²) in [6, 6.07) is 5.71. The first-order chi connectivity index (χ1) is 11.7. The molecule has 6 nitrogen and oxygen atoms in total. The number of ether oxygens (including phenoxy) is 1. The number of rotatable bonds is 5. The Morgan fingerprint density at radius 2 is 2.24 bits per heavy atom. The Morgan fingerprint density at radius 1 is 1.44 bits per heavy atom. The van der Waals surface area contributed by atoms with Gasteiger partial charge in [-0.15, -0.1) is 24.0 Å². The zero-order valence-corrected chi connectivity index (χ0v) is 17.2. The largest absolute Gasteiger partial charge is 0.472 e. The highest BCUT2D eigenvalue weighted by Crippen LogP contribution is 2.29. The van der Waals surface area contributed by atoms with Crippen LogP contribution < -0.4 is 10.1 Å². The van der Waals surface area contributed by atoms with Crippen LogP contribution in [0.4, 0.5) is 0 Å². The number of halogens is 1. The molecule has 140 valence electrons. The molecule has 2 heterocycles. The van der Waals surface area contributed by atoms with Crippen LogP contribution in [0.15, 0.2) is 29.4 Å². The van der Waals surface area contributed by atoms with Gasteiger partial charge in [-0.05, 0) is 25.8 Å². The molecule has 7 heteroatoms. The van der Waals surface area contributed by atoms with Crippen LogP contribution in [0.3, 0.4) is 0 Å². The minimum atomic E-state index is -0.607. The molecule has 0 bridgehead atoms.